The predicted molar refractivity (Wildman–Crippen MR) is 128 cm³/mol. The lowest BCUT2D eigenvalue weighted by Crippen LogP contribution is -2.63. The number of aromatic nitrogens is 2. The maximum atomic E-state index is 13.9. The Bertz CT molecular complexity index is 1260. The lowest BCUT2D eigenvalue weighted by molar-refractivity contribution is -0.145. The van der Waals surface area contributed by atoms with Gasteiger partial charge in [-0.15, -0.1) is 0 Å². The molecular weight excluding hydrogens is 412 g/mol. The first-order valence-corrected chi connectivity index (χ1v) is 12.1. The van der Waals surface area contributed by atoms with Crippen molar-refractivity contribution in [2.75, 3.05) is 0 Å². The molecule has 1 aromatic heterocycles. The lowest BCUT2D eigenvalue weighted by atomic mass is 9.64. The van der Waals surface area contributed by atoms with Crippen LogP contribution in [0, 0.1) is 5.41 Å². The van der Waals surface area contributed by atoms with Gasteiger partial charge in [0, 0.05) is 28.9 Å². The maximum Gasteiger partial charge on any atom is 0.275 e. The van der Waals surface area contributed by atoms with Crippen LogP contribution in [0.25, 0.3) is 10.8 Å². The molecule has 5 atom stereocenters. The zero-order valence-corrected chi connectivity index (χ0v) is 19.0. The number of hydrogen-bond donors (Lipinski definition) is 1. The van der Waals surface area contributed by atoms with Crippen molar-refractivity contribution in [3.8, 4) is 0 Å². The van der Waals surface area contributed by atoms with Crippen LogP contribution in [-0.2, 0) is 17.8 Å². The average molecular weight is 443 g/mol. The minimum atomic E-state index is -0.202. The Morgan fingerprint density at radius 3 is 2.76 bits per heavy atom. The molecule has 2 bridgehead atoms. The zero-order valence-electron chi connectivity index (χ0n) is 19.0. The van der Waals surface area contributed by atoms with Crippen molar-refractivity contribution in [2.24, 2.45) is 5.41 Å². The quantitative estimate of drug-likeness (QED) is 0.674. The van der Waals surface area contributed by atoms with Gasteiger partial charge in [0.1, 0.15) is 6.54 Å². The van der Waals surface area contributed by atoms with E-state index >= 15 is 0 Å². The van der Waals surface area contributed by atoms with Crippen molar-refractivity contribution in [3.63, 3.8) is 0 Å². The normalized spacial score (nSPS) is 30.5. The predicted octanol–water partition coefficient (Wildman–Crippen LogP) is 3.14. The molecule has 6 rings (SSSR count). The summed E-state index contributed by atoms with van der Waals surface area (Å²) in [5, 5.41) is 9.65. The van der Waals surface area contributed by atoms with E-state index in [1.165, 1.54) is 16.7 Å². The van der Waals surface area contributed by atoms with Gasteiger partial charge >= 0.3 is 0 Å². The van der Waals surface area contributed by atoms with Crippen LogP contribution in [0.1, 0.15) is 38.2 Å². The third-order valence-electron chi connectivity index (χ3n) is 8.38. The summed E-state index contributed by atoms with van der Waals surface area (Å²) in [7, 11) is 0. The number of carbonyl (C=O) groups excluding carboxylic acids is 1. The Morgan fingerprint density at radius 1 is 1.12 bits per heavy atom. The fourth-order valence-electron chi connectivity index (χ4n) is 6.78. The number of carbonyl (C=O) groups is 1. The van der Waals surface area contributed by atoms with Crippen LogP contribution in [0.2, 0.25) is 0 Å². The number of fused-ring (bicyclic) bond motifs is 2. The first-order valence-electron chi connectivity index (χ1n) is 12.1. The summed E-state index contributed by atoms with van der Waals surface area (Å²) in [5.41, 5.74) is 1.13. The second-order valence-electron chi connectivity index (χ2n) is 10.2. The first kappa shape index (κ1) is 20.6. The summed E-state index contributed by atoms with van der Waals surface area (Å²) in [6.45, 7) is 2.34. The molecule has 3 aliphatic rings. The van der Waals surface area contributed by atoms with Crippen molar-refractivity contribution in [2.45, 2.75) is 69.7 Å². The number of hydrogen-bond acceptors (Lipinski definition) is 4. The number of nitrogens with zero attached hydrogens (tertiary/aromatic N) is 3. The summed E-state index contributed by atoms with van der Waals surface area (Å²) >= 11 is 0. The van der Waals surface area contributed by atoms with E-state index in [9.17, 15) is 9.59 Å². The van der Waals surface area contributed by atoms with Crippen LogP contribution < -0.4 is 10.9 Å². The van der Waals surface area contributed by atoms with Crippen molar-refractivity contribution >= 4 is 16.7 Å². The van der Waals surface area contributed by atoms with Crippen LogP contribution in [0.15, 0.2) is 65.6 Å². The molecule has 3 fully saturated rings. The van der Waals surface area contributed by atoms with E-state index in [-0.39, 0.29) is 41.6 Å². The number of piperidine rings is 1. The number of amides is 1. The monoisotopic (exact) mass is 442 g/mol. The number of nitrogens with one attached hydrogen (secondary N) is 1. The van der Waals surface area contributed by atoms with Crippen molar-refractivity contribution in [1.29, 1.82) is 0 Å². The van der Waals surface area contributed by atoms with Crippen LogP contribution in [-0.4, -0.2) is 44.8 Å². The molecule has 1 saturated carbocycles. The summed E-state index contributed by atoms with van der Waals surface area (Å²) in [5.74, 6) is 0.00564. The average Bonchev–Trinajstić information content (AvgIpc) is 3.18. The molecule has 0 unspecified atom stereocenters. The highest BCUT2D eigenvalue weighted by Gasteiger charge is 2.60. The van der Waals surface area contributed by atoms with E-state index in [2.05, 4.69) is 46.5 Å². The Kier molecular flexibility index (Phi) is 4.87. The van der Waals surface area contributed by atoms with E-state index in [1.807, 2.05) is 24.3 Å². The molecule has 3 aromatic rings. The lowest BCUT2D eigenvalue weighted by Gasteiger charge is -2.53. The van der Waals surface area contributed by atoms with Crippen molar-refractivity contribution in [1.82, 2.24) is 20.0 Å². The topological polar surface area (TPSA) is 67.2 Å². The fraction of sp³-hybridized carbons (Fsp3) is 0.444. The Labute approximate surface area is 193 Å². The molecule has 33 heavy (non-hydrogen) atoms. The van der Waals surface area contributed by atoms with Gasteiger partial charge in [0.2, 0.25) is 5.91 Å². The molecule has 170 valence electrons. The Morgan fingerprint density at radius 2 is 1.91 bits per heavy atom. The van der Waals surface area contributed by atoms with Gasteiger partial charge in [0.05, 0.1) is 17.6 Å². The van der Waals surface area contributed by atoms with Gasteiger partial charge in [-0.25, -0.2) is 4.68 Å². The van der Waals surface area contributed by atoms with E-state index < -0.39 is 0 Å². The van der Waals surface area contributed by atoms with Gasteiger partial charge in [-0.3, -0.25) is 9.59 Å². The molecule has 6 nitrogen and oxygen atoms in total. The van der Waals surface area contributed by atoms with Gasteiger partial charge in [-0.05, 0) is 43.7 Å². The smallest absolute Gasteiger partial charge is 0.275 e. The van der Waals surface area contributed by atoms with Crippen LogP contribution in [0.4, 0.5) is 0 Å². The number of rotatable bonds is 4. The highest BCUT2D eigenvalue weighted by Crippen LogP contribution is 2.52. The molecule has 0 radical (unpaired) electrons. The van der Waals surface area contributed by atoms with Gasteiger partial charge < -0.3 is 10.2 Å². The minimum absolute atomic E-state index is 0.00564. The molecule has 1 aliphatic carbocycles. The first-order chi connectivity index (χ1) is 16.0. The maximum absolute atomic E-state index is 13.9. The number of benzene rings is 2. The molecule has 1 amide bonds. The van der Waals surface area contributed by atoms with Gasteiger partial charge in [0.15, 0.2) is 0 Å². The second kappa shape index (κ2) is 7.80. The summed E-state index contributed by atoms with van der Waals surface area (Å²) in [6.07, 6.45) is 6.95. The molecule has 3 heterocycles. The SMILES string of the molecule is C[C@]12C[C@@H]3N[C@H]1CCC[C@H]2N(C(=O)Cn1ncc2ccccc2c1=O)[C@H]3Cc1ccccc1. The Hall–Kier alpha value is -2.99. The number of likely N-dealkylation sites (tertiary alicyclic amines) is 1. The van der Waals surface area contributed by atoms with E-state index in [4.69, 9.17) is 0 Å². The molecule has 2 aromatic carbocycles. The summed E-state index contributed by atoms with van der Waals surface area (Å²) < 4.78 is 1.34. The molecular formula is C27H30N4O2. The van der Waals surface area contributed by atoms with Gasteiger partial charge in [-0.1, -0.05) is 55.5 Å². The third kappa shape index (κ3) is 3.31. The minimum Gasteiger partial charge on any atom is -0.333 e. The second-order valence-corrected chi connectivity index (χ2v) is 10.2. The fourth-order valence-corrected chi connectivity index (χ4v) is 6.78. The molecule has 2 saturated heterocycles. The van der Waals surface area contributed by atoms with Crippen molar-refractivity contribution in [3.05, 3.63) is 76.7 Å². The summed E-state index contributed by atoms with van der Waals surface area (Å²) in [4.78, 5) is 29.1. The Balaban J connectivity index is 1.37. The zero-order chi connectivity index (χ0) is 22.6. The largest absolute Gasteiger partial charge is 0.333 e. The van der Waals surface area contributed by atoms with Crippen LogP contribution in [0.3, 0.4) is 0 Å². The van der Waals surface area contributed by atoms with Crippen LogP contribution >= 0.6 is 0 Å². The highest BCUT2D eigenvalue weighted by molar-refractivity contribution is 5.81. The molecule has 2 aliphatic heterocycles. The third-order valence-corrected chi connectivity index (χ3v) is 8.38. The van der Waals surface area contributed by atoms with E-state index in [0.717, 1.165) is 31.1 Å². The van der Waals surface area contributed by atoms with E-state index in [1.54, 1.807) is 12.3 Å². The molecule has 1 N–H and O–H groups in total. The van der Waals surface area contributed by atoms with E-state index in [0.29, 0.717) is 11.4 Å². The van der Waals surface area contributed by atoms with Gasteiger partial charge in [-0.2, -0.15) is 5.10 Å². The molecule has 6 heteroatoms. The van der Waals surface area contributed by atoms with Gasteiger partial charge in [0.25, 0.3) is 5.56 Å². The molecule has 0 spiro atoms. The standard InChI is InChI=1S/C27H30N4O2/c1-27-15-21-22(14-18-8-3-2-4-9-18)31(24(27)13-7-12-23(27)29-21)25(32)17-30-26(33)20-11-6-5-10-19(20)16-28-30/h2-6,8-11,16,21-24,29H,7,12-15,17H2,1H3/t21-,22-,23-,24+,27-/m0/s1. The summed E-state index contributed by atoms with van der Waals surface area (Å²) in [6, 6.07) is 18.9. The van der Waals surface area contributed by atoms with Crippen LogP contribution in [0.5, 0.6) is 0 Å². The van der Waals surface area contributed by atoms with Crippen molar-refractivity contribution < 1.29 is 4.79 Å². The highest BCUT2D eigenvalue weighted by atomic mass is 16.2.